The number of aromatic amines is 1. The maximum absolute atomic E-state index is 14.3. The summed E-state index contributed by atoms with van der Waals surface area (Å²) in [6.45, 7) is 0.515. The molecule has 0 saturated carbocycles. The second-order valence-corrected chi connectivity index (χ2v) is 7.13. The highest BCUT2D eigenvalue weighted by atomic mass is 19.1. The second kappa shape index (κ2) is 7.80. The van der Waals surface area contributed by atoms with E-state index in [4.69, 9.17) is 9.47 Å². The van der Waals surface area contributed by atoms with Crippen LogP contribution in [0.25, 0.3) is 22.3 Å². The molecule has 1 aliphatic heterocycles. The molecule has 162 valence electrons. The Morgan fingerprint density at radius 1 is 1.16 bits per heavy atom. The van der Waals surface area contributed by atoms with Gasteiger partial charge in [-0.05, 0) is 18.2 Å². The number of hydrogen-bond acceptors (Lipinski definition) is 7. The molecule has 0 radical (unpaired) electrons. The molecule has 1 aromatic carbocycles. The Hall–Kier alpha value is -4.21. The predicted molar refractivity (Wildman–Crippen MR) is 116 cm³/mol. The Kier molecular flexibility index (Phi) is 4.81. The molecule has 9 nitrogen and oxygen atoms in total. The number of H-pyrrole nitrogens is 1. The van der Waals surface area contributed by atoms with Gasteiger partial charge >= 0.3 is 6.01 Å². The van der Waals surface area contributed by atoms with Crippen LogP contribution >= 0.6 is 0 Å². The summed E-state index contributed by atoms with van der Waals surface area (Å²) in [5, 5.41) is 6.07. The number of hydrogen-bond donors (Lipinski definition) is 3. The van der Waals surface area contributed by atoms with E-state index in [1.165, 1.54) is 20.3 Å². The molecule has 3 aromatic heterocycles. The minimum atomic E-state index is -0.514. The molecule has 0 aliphatic carbocycles. The highest BCUT2D eigenvalue weighted by molar-refractivity contribution is 6.08. The van der Waals surface area contributed by atoms with Crippen molar-refractivity contribution in [3.63, 3.8) is 0 Å². The van der Waals surface area contributed by atoms with Crippen molar-refractivity contribution in [2.24, 2.45) is 0 Å². The smallest absolute Gasteiger partial charge is 0.316 e. The van der Waals surface area contributed by atoms with Crippen LogP contribution in [0.15, 0.2) is 36.7 Å². The molecule has 0 unspecified atom stereocenters. The van der Waals surface area contributed by atoms with E-state index in [1.807, 2.05) is 0 Å². The van der Waals surface area contributed by atoms with Crippen molar-refractivity contribution in [3.05, 3.63) is 53.7 Å². The van der Waals surface area contributed by atoms with Gasteiger partial charge in [-0.15, -0.1) is 0 Å². The number of rotatable bonds is 5. The van der Waals surface area contributed by atoms with E-state index in [9.17, 15) is 9.18 Å². The van der Waals surface area contributed by atoms with Crippen molar-refractivity contribution in [1.82, 2.24) is 25.3 Å². The van der Waals surface area contributed by atoms with Gasteiger partial charge in [-0.1, -0.05) is 6.07 Å². The summed E-state index contributed by atoms with van der Waals surface area (Å²) in [7, 11) is 2.88. The Labute approximate surface area is 182 Å². The number of methoxy groups -OCH3 is 2. The van der Waals surface area contributed by atoms with Gasteiger partial charge < -0.3 is 25.1 Å². The first-order valence-electron chi connectivity index (χ1n) is 9.89. The molecule has 4 aromatic rings. The number of carbonyl (C=O) groups excluding carboxylic acids is 1. The van der Waals surface area contributed by atoms with Crippen LogP contribution in [0, 0.1) is 5.82 Å². The van der Waals surface area contributed by atoms with Gasteiger partial charge in [0.2, 0.25) is 0 Å². The lowest BCUT2D eigenvalue weighted by atomic mass is 10.0. The van der Waals surface area contributed by atoms with E-state index in [0.29, 0.717) is 52.2 Å². The lowest BCUT2D eigenvalue weighted by Gasteiger charge is -2.16. The summed E-state index contributed by atoms with van der Waals surface area (Å²) in [4.78, 5) is 29.1. The molecule has 32 heavy (non-hydrogen) atoms. The zero-order chi connectivity index (χ0) is 22.2. The van der Waals surface area contributed by atoms with Crippen LogP contribution in [0.1, 0.15) is 16.1 Å². The Morgan fingerprint density at radius 2 is 2.03 bits per heavy atom. The molecular weight excluding hydrogens is 415 g/mol. The molecule has 0 saturated heterocycles. The third-order valence-corrected chi connectivity index (χ3v) is 5.31. The fourth-order valence-electron chi connectivity index (χ4n) is 3.88. The summed E-state index contributed by atoms with van der Waals surface area (Å²) in [5.41, 5.74) is 4.53. The van der Waals surface area contributed by atoms with E-state index >= 15 is 0 Å². The van der Waals surface area contributed by atoms with Gasteiger partial charge in [-0.2, -0.15) is 4.98 Å². The van der Waals surface area contributed by atoms with Crippen LogP contribution < -0.4 is 20.1 Å². The minimum Gasteiger partial charge on any atom is -0.492 e. The standard InChI is InChI=1S/C22H19FN6O3/c1-31-20-12(23)4-3-5-14(20)28-19-16-13(7-9-25-21(16)30)27-18(19)11-6-8-24-15-10-26-22(32-2)29-17(11)15/h3-6,8,10,27-28H,7,9H2,1-2H3,(H,25,30). The SMILES string of the molecule is COc1ncc2nccc(-c3[nH]c4c(c3Nc3cccc(F)c3OC)C(=O)NCC4)c2n1. The molecule has 1 amide bonds. The van der Waals surface area contributed by atoms with E-state index in [-0.39, 0.29) is 17.7 Å². The van der Waals surface area contributed by atoms with E-state index in [2.05, 4.69) is 30.6 Å². The molecule has 5 rings (SSSR count). The van der Waals surface area contributed by atoms with Crippen LogP contribution in [0.3, 0.4) is 0 Å². The Balaban J connectivity index is 1.76. The highest BCUT2D eigenvalue weighted by Crippen LogP contribution is 2.40. The summed E-state index contributed by atoms with van der Waals surface area (Å²) >= 11 is 0. The van der Waals surface area contributed by atoms with Gasteiger partial charge in [0.1, 0.15) is 11.0 Å². The zero-order valence-electron chi connectivity index (χ0n) is 17.3. The second-order valence-electron chi connectivity index (χ2n) is 7.13. The number of amides is 1. The number of anilines is 2. The van der Waals surface area contributed by atoms with E-state index in [0.717, 1.165) is 5.69 Å². The highest BCUT2D eigenvalue weighted by Gasteiger charge is 2.28. The number of fused-ring (bicyclic) bond motifs is 2. The average Bonchev–Trinajstić information content (AvgIpc) is 3.17. The molecule has 3 N–H and O–H groups in total. The average molecular weight is 434 g/mol. The molecule has 4 heterocycles. The third-order valence-electron chi connectivity index (χ3n) is 5.31. The van der Waals surface area contributed by atoms with Crippen LogP contribution in [-0.2, 0) is 6.42 Å². The first kappa shape index (κ1) is 19.7. The minimum absolute atomic E-state index is 0.0493. The number of ether oxygens (including phenoxy) is 2. The van der Waals surface area contributed by atoms with Gasteiger partial charge in [-0.3, -0.25) is 9.78 Å². The van der Waals surface area contributed by atoms with Crippen molar-refractivity contribution in [3.8, 4) is 23.0 Å². The largest absolute Gasteiger partial charge is 0.492 e. The van der Waals surface area contributed by atoms with Gasteiger partial charge in [-0.25, -0.2) is 9.37 Å². The summed E-state index contributed by atoms with van der Waals surface area (Å²) in [6, 6.07) is 6.55. The molecular formula is C22H19FN6O3. The molecule has 0 fully saturated rings. The number of halogens is 1. The molecule has 0 atom stereocenters. The topological polar surface area (TPSA) is 114 Å². The molecule has 0 bridgehead atoms. The first-order valence-corrected chi connectivity index (χ1v) is 9.89. The maximum Gasteiger partial charge on any atom is 0.316 e. The lowest BCUT2D eigenvalue weighted by Crippen LogP contribution is -2.31. The number of pyridine rings is 1. The summed E-state index contributed by atoms with van der Waals surface area (Å²) in [6.07, 6.45) is 3.83. The lowest BCUT2D eigenvalue weighted by molar-refractivity contribution is 0.0947. The Bertz CT molecular complexity index is 1350. The van der Waals surface area contributed by atoms with Crippen molar-refractivity contribution in [1.29, 1.82) is 0 Å². The monoisotopic (exact) mass is 434 g/mol. The summed E-state index contributed by atoms with van der Waals surface area (Å²) < 4.78 is 24.7. The molecule has 0 spiro atoms. The van der Waals surface area contributed by atoms with E-state index in [1.54, 1.807) is 30.6 Å². The van der Waals surface area contributed by atoms with Crippen LogP contribution in [0.5, 0.6) is 11.8 Å². The number of nitrogens with one attached hydrogen (secondary N) is 3. The van der Waals surface area contributed by atoms with Crippen molar-refractivity contribution in [2.75, 3.05) is 26.1 Å². The quantitative estimate of drug-likeness (QED) is 0.442. The molecule has 10 heteroatoms. The van der Waals surface area contributed by atoms with Gasteiger partial charge in [0, 0.05) is 30.4 Å². The predicted octanol–water partition coefficient (Wildman–Crippen LogP) is 3.21. The van der Waals surface area contributed by atoms with Gasteiger partial charge in [0.05, 0.1) is 43.0 Å². The Morgan fingerprint density at radius 3 is 2.84 bits per heavy atom. The van der Waals surface area contributed by atoms with Crippen molar-refractivity contribution < 1.29 is 18.7 Å². The summed E-state index contributed by atoms with van der Waals surface area (Å²) in [5.74, 6) is -0.690. The third kappa shape index (κ3) is 3.16. The van der Waals surface area contributed by atoms with Crippen LogP contribution in [-0.4, -0.2) is 46.6 Å². The number of carbonyl (C=O) groups is 1. The van der Waals surface area contributed by atoms with Crippen LogP contribution in [0.4, 0.5) is 15.8 Å². The van der Waals surface area contributed by atoms with Crippen molar-refractivity contribution in [2.45, 2.75) is 6.42 Å². The number of benzene rings is 1. The zero-order valence-corrected chi connectivity index (χ0v) is 17.3. The number of aromatic nitrogens is 4. The number of nitrogens with zero attached hydrogens (tertiary/aromatic N) is 3. The fourth-order valence-corrected chi connectivity index (χ4v) is 3.88. The van der Waals surface area contributed by atoms with Crippen molar-refractivity contribution >= 4 is 28.3 Å². The van der Waals surface area contributed by atoms with E-state index < -0.39 is 5.82 Å². The first-order chi connectivity index (χ1) is 15.6. The van der Waals surface area contributed by atoms with Crippen LogP contribution in [0.2, 0.25) is 0 Å². The van der Waals surface area contributed by atoms with Gasteiger partial charge in [0.15, 0.2) is 11.6 Å². The normalized spacial score (nSPS) is 12.9. The fraction of sp³-hybridized carbons (Fsp3) is 0.182. The van der Waals surface area contributed by atoms with Gasteiger partial charge in [0.25, 0.3) is 5.91 Å². The number of para-hydroxylation sites is 1. The maximum atomic E-state index is 14.3. The molecule has 1 aliphatic rings.